The van der Waals surface area contributed by atoms with E-state index in [1.807, 2.05) is 13.8 Å². The summed E-state index contributed by atoms with van der Waals surface area (Å²) in [6, 6.07) is 0. The summed E-state index contributed by atoms with van der Waals surface area (Å²) in [6.07, 6.45) is 3.70. The van der Waals surface area contributed by atoms with Gasteiger partial charge in [-0.05, 0) is 44.9 Å². The van der Waals surface area contributed by atoms with Crippen LogP contribution in [0.15, 0.2) is 11.1 Å². The number of hydrogen-bond donors (Lipinski definition) is 2. The second kappa shape index (κ2) is 11.5. The molecule has 0 saturated heterocycles. The molecule has 0 aromatic carbocycles. The number of rotatable bonds is 3. The monoisotopic (exact) mass is 286 g/mol. The minimum Gasteiger partial charge on any atom is -0.481 e. The first-order valence-corrected chi connectivity index (χ1v) is 7.38. The van der Waals surface area contributed by atoms with Crippen LogP contribution in [0.3, 0.4) is 0 Å². The summed E-state index contributed by atoms with van der Waals surface area (Å²) in [5, 5.41) is 16.2. The van der Waals surface area contributed by atoms with Gasteiger partial charge in [-0.15, -0.1) is 0 Å². The zero-order valence-electron chi connectivity index (χ0n) is 13.7. The fourth-order valence-electron chi connectivity index (χ4n) is 2.46. The van der Waals surface area contributed by atoms with E-state index in [0.717, 1.165) is 19.8 Å². The highest BCUT2D eigenvalue weighted by Crippen LogP contribution is 2.36. The summed E-state index contributed by atoms with van der Waals surface area (Å²) in [7, 11) is 0. The van der Waals surface area contributed by atoms with Gasteiger partial charge in [0.1, 0.15) is 0 Å². The Balaban J connectivity index is 0. The Labute approximate surface area is 122 Å². The first-order chi connectivity index (χ1) is 9.29. The molecule has 0 aromatic heterocycles. The van der Waals surface area contributed by atoms with Gasteiger partial charge < -0.3 is 10.2 Å². The second-order valence-corrected chi connectivity index (χ2v) is 4.86. The third-order valence-corrected chi connectivity index (χ3v) is 3.62. The van der Waals surface area contributed by atoms with Crippen molar-refractivity contribution in [3.05, 3.63) is 11.1 Å². The van der Waals surface area contributed by atoms with Crippen LogP contribution in [-0.4, -0.2) is 22.2 Å². The van der Waals surface area contributed by atoms with Crippen molar-refractivity contribution in [2.75, 3.05) is 0 Å². The van der Waals surface area contributed by atoms with Gasteiger partial charge in [0.25, 0.3) is 5.97 Å². The summed E-state index contributed by atoms with van der Waals surface area (Å²) >= 11 is 0. The molecule has 2 atom stereocenters. The van der Waals surface area contributed by atoms with Gasteiger partial charge in [0.05, 0.1) is 6.42 Å². The first kappa shape index (κ1) is 21.0. The Morgan fingerprint density at radius 1 is 1.05 bits per heavy atom. The van der Waals surface area contributed by atoms with E-state index in [0.29, 0.717) is 12.3 Å². The molecule has 4 nitrogen and oxygen atoms in total. The fourth-order valence-corrected chi connectivity index (χ4v) is 2.46. The molecule has 1 aliphatic rings. The van der Waals surface area contributed by atoms with Crippen LogP contribution in [0.5, 0.6) is 0 Å². The maximum Gasteiger partial charge on any atom is 0.303 e. The van der Waals surface area contributed by atoms with Crippen LogP contribution in [0.4, 0.5) is 0 Å². The van der Waals surface area contributed by atoms with Crippen molar-refractivity contribution in [1.82, 2.24) is 0 Å². The lowest BCUT2D eigenvalue weighted by atomic mass is 9.75. The fraction of sp³-hybridized carbons (Fsp3) is 0.750. The molecule has 0 fully saturated rings. The Morgan fingerprint density at radius 2 is 1.40 bits per heavy atom. The van der Waals surface area contributed by atoms with E-state index in [4.69, 9.17) is 15.0 Å². The molecule has 2 N–H and O–H groups in total. The zero-order chi connectivity index (χ0) is 16.3. The molecule has 0 spiro atoms. The molecule has 0 aliphatic heterocycles. The highest BCUT2D eigenvalue weighted by molar-refractivity contribution is 5.67. The molecule has 118 valence electrons. The van der Waals surface area contributed by atoms with Gasteiger partial charge in [-0.25, -0.2) is 0 Å². The molecule has 2 unspecified atom stereocenters. The van der Waals surface area contributed by atoms with Crippen molar-refractivity contribution in [2.45, 2.75) is 67.2 Å². The smallest absolute Gasteiger partial charge is 0.303 e. The van der Waals surface area contributed by atoms with Crippen LogP contribution in [0.25, 0.3) is 0 Å². The number of carbonyl (C=O) groups is 2. The predicted octanol–water partition coefficient (Wildman–Crippen LogP) is 4.35. The highest BCUT2D eigenvalue weighted by atomic mass is 16.4. The number of aliphatic carboxylic acids is 2. The summed E-state index contributed by atoms with van der Waals surface area (Å²) in [4.78, 5) is 19.6. The largest absolute Gasteiger partial charge is 0.481 e. The molecule has 0 bridgehead atoms. The second-order valence-electron chi connectivity index (χ2n) is 4.86. The van der Waals surface area contributed by atoms with E-state index in [1.54, 1.807) is 0 Å². The molecule has 1 aliphatic carbocycles. The predicted molar refractivity (Wildman–Crippen MR) is 81.8 cm³/mol. The molecule has 0 amide bonds. The lowest BCUT2D eigenvalue weighted by molar-refractivity contribution is -0.138. The molecule has 0 radical (unpaired) electrons. The first-order valence-electron chi connectivity index (χ1n) is 7.38. The van der Waals surface area contributed by atoms with Crippen molar-refractivity contribution in [3.8, 4) is 0 Å². The van der Waals surface area contributed by atoms with E-state index in [9.17, 15) is 4.79 Å². The Kier molecular flexibility index (Phi) is 12.1. The van der Waals surface area contributed by atoms with Crippen LogP contribution in [0.2, 0.25) is 0 Å². The summed E-state index contributed by atoms with van der Waals surface area (Å²) in [6.45, 7) is 11.6. The van der Waals surface area contributed by atoms with Crippen molar-refractivity contribution < 1.29 is 19.8 Å². The Morgan fingerprint density at radius 3 is 1.75 bits per heavy atom. The zero-order valence-corrected chi connectivity index (χ0v) is 13.7. The molecule has 0 saturated carbocycles. The average molecular weight is 286 g/mol. The average Bonchev–Trinajstić information content (AvgIpc) is 2.37. The molecule has 1 rings (SSSR count). The van der Waals surface area contributed by atoms with Crippen LogP contribution in [0, 0.1) is 11.8 Å². The van der Waals surface area contributed by atoms with Gasteiger partial charge in [-0.2, -0.15) is 0 Å². The highest BCUT2D eigenvalue weighted by Gasteiger charge is 2.25. The molecular formula is C16H30O4. The van der Waals surface area contributed by atoms with E-state index in [-0.39, 0.29) is 5.92 Å². The quantitative estimate of drug-likeness (QED) is 0.756. The maximum atomic E-state index is 10.6. The number of carboxylic acid groups (broad SMARTS) is 2. The van der Waals surface area contributed by atoms with E-state index in [2.05, 4.69) is 20.8 Å². The summed E-state index contributed by atoms with van der Waals surface area (Å²) in [5.74, 6) is -0.521. The molecular weight excluding hydrogens is 256 g/mol. The maximum absolute atomic E-state index is 10.6. The number of allylic oxidation sites excluding steroid dienone is 2. The summed E-state index contributed by atoms with van der Waals surface area (Å²) in [5.41, 5.74) is 2.76. The molecule has 20 heavy (non-hydrogen) atoms. The van der Waals surface area contributed by atoms with E-state index < -0.39 is 11.9 Å². The van der Waals surface area contributed by atoms with E-state index in [1.165, 1.54) is 17.6 Å². The minimum atomic E-state index is -0.833. The lowest BCUT2D eigenvalue weighted by Gasteiger charge is -2.30. The van der Waals surface area contributed by atoms with Gasteiger partial charge in [0.15, 0.2) is 0 Å². The van der Waals surface area contributed by atoms with Gasteiger partial charge in [0, 0.05) is 6.92 Å². The van der Waals surface area contributed by atoms with Gasteiger partial charge in [-0.1, -0.05) is 31.9 Å². The van der Waals surface area contributed by atoms with Gasteiger partial charge >= 0.3 is 5.97 Å². The Hall–Kier alpha value is -1.32. The van der Waals surface area contributed by atoms with Crippen LogP contribution >= 0.6 is 0 Å². The third-order valence-electron chi connectivity index (χ3n) is 3.62. The molecule has 0 heterocycles. The molecule has 4 heteroatoms. The Bertz CT molecular complexity index is 327. The number of hydrogen-bond acceptors (Lipinski definition) is 2. The van der Waals surface area contributed by atoms with E-state index >= 15 is 0 Å². The lowest BCUT2D eigenvalue weighted by Crippen LogP contribution is -2.19. The number of carboxylic acids is 2. The normalized spacial score (nSPS) is 21.1. The van der Waals surface area contributed by atoms with Crippen LogP contribution in [-0.2, 0) is 9.59 Å². The SMILES string of the molecule is CC.CC(=O)O.CCC1CCC(CC(=O)O)C(C)=C1C. The van der Waals surface area contributed by atoms with Crippen molar-refractivity contribution >= 4 is 11.9 Å². The van der Waals surface area contributed by atoms with Gasteiger partial charge in [-0.3, -0.25) is 9.59 Å². The van der Waals surface area contributed by atoms with Gasteiger partial charge in [0.2, 0.25) is 0 Å². The molecule has 0 aromatic rings. The minimum absolute atomic E-state index is 0.287. The summed E-state index contributed by atoms with van der Waals surface area (Å²) < 4.78 is 0. The third kappa shape index (κ3) is 8.73. The van der Waals surface area contributed by atoms with Crippen molar-refractivity contribution in [3.63, 3.8) is 0 Å². The van der Waals surface area contributed by atoms with Crippen molar-refractivity contribution in [2.24, 2.45) is 11.8 Å². The van der Waals surface area contributed by atoms with Crippen molar-refractivity contribution in [1.29, 1.82) is 0 Å². The van der Waals surface area contributed by atoms with Crippen LogP contribution in [0.1, 0.15) is 67.2 Å². The standard InChI is InChI=1S/C12H20O2.C2H4O2.C2H6/c1-4-10-5-6-11(7-12(13)14)9(3)8(10)2;1-2(3)4;1-2/h10-11H,4-7H2,1-3H3,(H,13,14);1H3,(H,3,4);1-2H3. The topological polar surface area (TPSA) is 74.6 Å². The van der Waals surface area contributed by atoms with Crippen LogP contribution < -0.4 is 0 Å².